The van der Waals surface area contributed by atoms with Crippen LogP contribution in [0.1, 0.15) is 27.2 Å². The Labute approximate surface area is 279 Å². The van der Waals surface area contributed by atoms with Gasteiger partial charge in [0, 0.05) is 63.1 Å². The molecule has 0 aliphatic carbocycles. The van der Waals surface area contributed by atoms with Crippen LogP contribution in [0.25, 0.3) is 22.2 Å². The first-order valence-electron chi connectivity index (χ1n) is 14.2. The number of ketones is 1. The van der Waals surface area contributed by atoms with Crippen molar-refractivity contribution in [1.82, 2.24) is 19.7 Å². The molecular formula is C30H36Cl2F3N5O7. The molecule has 0 saturated carbocycles. The molecule has 1 N–H and O–H groups in total. The maximum absolute atomic E-state index is 13.4. The molecule has 0 spiro atoms. The number of nitrogens with one attached hydrogen (secondary N) is 1. The number of amides is 2. The number of hydrogen-bond acceptors (Lipinski definition) is 9. The first-order valence-corrected chi connectivity index (χ1v) is 15.1. The number of methoxy groups -OCH3 is 2. The van der Waals surface area contributed by atoms with Gasteiger partial charge in [0.2, 0.25) is 5.88 Å². The molecular weight excluding hydrogens is 670 g/mol. The summed E-state index contributed by atoms with van der Waals surface area (Å²) >= 11 is 9.22. The van der Waals surface area contributed by atoms with Crippen molar-refractivity contribution in [2.75, 3.05) is 45.8 Å². The summed E-state index contributed by atoms with van der Waals surface area (Å²) in [5.41, 5.74) is 1.24. The van der Waals surface area contributed by atoms with Gasteiger partial charge in [0.15, 0.2) is 10.4 Å². The largest absolute Gasteiger partial charge is 0.475 e. The number of likely N-dealkylation sites (tertiary alicyclic amines) is 1. The van der Waals surface area contributed by atoms with E-state index in [2.05, 4.69) is 38.6 Å². The third kappa shape index (κ3) is 9.92. The van der Waals surface area contributed by atoms with Gasteiger partial charge in [-0.05, 0) is 45.0 Å². The van der Waals surface area contributed by atoms with Crippen LogP contribution in [0.15, 0.2) is 36.5 Å². The van der Waals surface area contributed by atoms with E-state index in [1.165, 1.54) is 12.0 Å². The summed E-state index contributed by atoms with van der Waals surface area (Å²) in [5, 5.41) is 8.50. The second-order valence-electron chi connectivity index (χ2n) is 11.4. The highest BCUT2D eigenvalue weighted by Crippen LogP contribution is 2.32. The number of fused-ring (bicyclic) bond motifs is 1. The molecule has 3 heterocycles. The maximum atomic E-state index is 13.4. The standard InChI is InChI=1S/C27H35N5O6.C3HCl2F3O/c1-26(2,3)38-25(34)32-12-11-27(17-32,36-6)24(33)29-19-8-9-21-20(15-19)23(30-31(21)4)18-7-10-22(28-16-18)37-14-13-35-5;4-2(5)1(9)3(6,7)8/h7-10,15-16H,11-14,17H2,1-6H3,(H,29,33);2H/t27-;/m0./s1. The summed E-state index contributed by atoms with van der Waals surface area (Å²) in [6.07, 6.45) is -3.32. The van der Waals surface area contributed by atoms with E-state index >= 15 is 0 Å². The molecule has 0 radical (unpaired) electrons. The van der Waals surface area contributed by atoms with Crippen LogP contribution in [0.2, 0.25) is 0 Å². The molecule has 2 amide bonds. The summed E-state index contributed by atoms with van der Waals surface area (Å²) in [6.45, 7) is 6.78. The van der Waals surface area contributed by atoms with Crippen LogP contribution in [0.5, 0.6) is 5.88 Å². The Morgan fingerprint density at radius 2 is 1.79 bits per heavy atom. The number of hydrogen-bond donors (Lipinski definition) is 1. The van der Waals surface area contributed by atoms with Crippen molar-refractivity contribution in [2.45, 2.75) is 49.4 Å². The Morgan fingerprint density at radius 1 is 1.09 bits per heavy atom. The van der Waals surface area contributed by atoms with Crippen molar-refractivity contribution in [3.05, 3.63) is 36.5 Å². The van der Waals surface area contributed by atoms with E-state index in [4.69, 9.17) is 18.9 Å². The Balaban J connectivity index is 0.000000584. The van der Waals surface area contributed by atoms with E-state index < -0.39 is 34.1 Å². The number of aromatic nitrogens is 3. The molecule has 1 aliphatic rings. The van der Waals surface area contributed by atoms with Gasteiger partial charge in [-0.3, -0.25) is 14.3 Å². The second-order valence-corrected chi connectivity index (χ2v) is 12.5. The lowest BCUT2D eigenvalue weighted by molar-refractivity contribution is -0.169. The molecule has 258 valence electrons. The van der Waals surface area contributed by atoms with Crippen molar-refractivity contribution in [3.8, 4) is 17.1 Å². The minimum atomic E-state index is -4.92. The van der Waals surface area contributed by atoms with Crippen molar-refractivity contribution < 1.29 is 46.5 Å². The number of nitrogens with zero attached hydrogens (tertiary/aromatic N) is 4. The summed E-state index contributed by atoms with van der Waals surface area (Å²) in [7, 11) is 4.96. The van der Waals surface area contributed by atoms with Crippen molar-refractivity contribution in [3.63, 3.8) is 0 Å². The zero-order valence-electron chi connectivity index (χ0n) is 26.6. The van der Waals surface area contributed by atoms with Crippen LogP contribution in [0.4, 0.5) is 23.7 Å². The lowest BCUT2D eigenvalue weighted by Crippen LogP contribution is -2.48. The highest BCUT2D eigenvalue weighted by molar-refractivity contribution is 6.54. The number of Topliss-reactive ketones (excluding diaryl/α,β-unsaturated/α-hetero) is 1. The Morgan fingerprint density at radius 3 is 2.32 bits per heavy atom. The van der Waals surface area contributed by atoms with E-state index in [0.717, 1.165) is 22.2 Å². The zero-order valence-corrected chi connectivity index (χ0v) is 28.1. The maximum Gasteiger partial charge on any atom is 0.452 e. The van der Waals surface area contributed by atoms with Crippen LogP contribution >= 0.6 is 23.2 Å². The van der Waals surface area contributed by atoms with Crippen molar-refractivity contribution in [2.24, 2.45) is 7.05 Å². The normalized spacial score (nSPS) is 16.6. The molecule has 1 atom stereocenters. The highest BCUT2D eigenvalue weighted by Gasteiger charge is 2.47. The molecule has 1 aliphatic heterocycles. The number of ether oxygens (including phenoxy) is 4. The Bertz CT molecular complexity index is 1560. The SMILES string of the molecule is COCCOc1ccc(-c2nn(C)c3ccc(NC(=O)[C@]4(OC)CCN(C(=O)OC(C)(C)C)C4)cc23)cn1.O=C(C(Cl)Cl)C(F)(F)F. The highest BCUT2D eigenvalue weighted by atomic mass is 35.5. The van der Waals surface area contributed by atoms with E-state index in [0.29, 0.717) is 37.7 Å². The van der Waals surface area contributed by atoms with Gasteiger partial charge in [0.25, 0.3) is 11.7 Å². The molecule has 47 heavy (non-hydrogen) atoms. The number of halogens is 5. The van der Waals surface area contributed by atoms with E-state index in [-0.39, 0.29) is 12.5 Å². The number of pyridine rings is 1. The molecule has 0 bridgehead atoms. The van der Waals surface area contributed by atoms with Gasteiger partial charge >= 0.3 is 12.3 Å². The molecule has 0 unspecified atom stereocenters. The van der Waals surface area contributed by atoms with Gasteiger partial charge in [-0.15, -0.1) is 0 Å². The monoisotopic (exact) mass is 705 g/mol. The average molecular weight is 707 g/mol. The first-order chi connectivity index (χ1) is 21.9. The molecule has 4 rings (SSSR count). The molecule has 1 fully saturated rings. The van der Waals surface area contributed by atoms with Crippen molar-refractivity contribution >= 4 is 57.6 Å². The molecule has 1 saturated heterocycles. The molecule has 3 aromatic rings. The fourth-order valence-corrected chi connectivity index (χ4v) is 4.72. The lowest BCUT2D eigenvalue weighted by atomic mass is 10.0. The smallest absolute Gasteiger partial charge is 0.452 e. The van der Waals surface area contributed by atoms with Gasteiger partial charge in [-0.1, -0.05) is 23.2 Å². The third-order valence-electron chi connectivity index (χ3n) is 6.82. The molecule has 2 aromatic heterocycles. The van der Waals surface area contributed by atoms with E-state index in [9.17, 15) is 27.6 Å². The average Bonchev–Trinajstić information content (AvgIpc) is 3.59. The van der Waals surface area contributed by atoms with Gasteiger partial charge in [0.05, 0.1) is 18.7 Å². The fraction of sp³-hybridized carbons (Fsp3) is 0.500. The van der Waals surface area contributed by atoms with Crippen LogP contribution in [0, 0.1) is 0 Å². The van der Waals surface area contributed by atoms with Gasteiger partial charge in [-0.2, -0.15) is 18.3 Å². The summed E-state index contributed by atoms with van der Waals surface area (Å²) in [4.78, 5) is 39.6. The van der Waals surface area contributed by atoms with Crippen molar-refractivity contribution in [1.29, 1.82) is 0 Å². The van der Waals surface area contributed by atoms with Crippen LogP contribution in [-0.4, -0.2) is 100 Å². The zero-order chi connectivity index (χ0) is 35.2. The number of benzene rings is 1. The topological polar surface area (TPSA) is 134 Å². The predicted molar refractivity (Wildman–Crippen MR) is 169 cm³/mol. The minimum absolute atomic E-state index is 0.106. The number of rotatable bonds is 9. The Kier molecular flexibility index (Phi) is 12.5. The lowest BCUT2D eigenvalue weighted by Gasteiger charge is -2.28. The second kappa shape index (κ2) is 15.5. The minimum Gasteiger partial charge on any atom is -0.475 e. The molecule has 12 nitrogen and oxygen atoms in total. The Hall–Kier alpha value is -3.66. The number of aryl methyl sites for hydroxylation is 1. The van der Waals surface area contributed by atoms with E-state index in [1.807, 2.05) is 31.3 Å². The van der Waals surface area contributed by atoms with Gasteiger partial charge in [0.1, 0.15) is 17.9 Å². The summed E-state index contributed by atoms with van der Waals surface area (Å²) < 4.78 is 57.0. The van der Waals surface area contributed by atoms with Crippen LogP contribution in [0.3, 0.4) is 0 Å². The van der Waals surface area contributed by atoms with E-state index in [1.54, 1.807) is 44.8 Å². The number of carbonyl (C=O) groups is 3. The number of carbonyl (C=O) groups excluding carboxylic acids is 3. The number of anilines is 1. The quantitative estimate of drug-likeness (QED) is 0.225. The molecule has 1 aromatic carbocycles. The summed E-state index contributed by atoms with van der Waals surface area (Å²) in [6, 6.07) is 9.28. The fourth-order valence-electron chi connectivity index (χ4n) is 4.47. The van der Waals surface area contributed by atoms with Crippen LogP contribution in [-0.2, 0) is 30.8 Å². The first kappa shape index (κ1) is 37.8. The number of alkyl halides is 5. The molecule has 17 heteroatoms. The summed E-state index contributed by atoms with van der Waals surface area (Å²) in [5.74, 6) is -1.96. The van der Waals surface area contributed by atoms with Crippen LogP contribution < -0.4 is 10.1 Å². The third-order valence-corrected chi connectivity index (χ3v) is 7.22. The van der Waals surface area contributed by atoms with Gasteiger partial charge < -0.3 is 29.2 Å². The predicted octanol–water partition coefficient (Wildman–Crippen LogP) is 5.55. The van der Waals surface area contributed by atoms with Gasteiger partial charge in [-0.25, -0.2) is 9.78 Å².